The van der Waals surface area contributed by atoms with E-state index in [0.29, 0.717) is 5.89 Å². The number of benzene rings is 3. The second-order valence-corrected chi connectivity index (χ2v) is 6.23. The Morgan fingerprint density at radius 1 is 0.786 bits per heavy atom. The van der Waals surface area contributed by atoms with Crippen LogP contribution in [0.15, 0.2) is 95.4 Å². The average molecular weight is 370 g/mol. The van der Waals surface area contributed by atoms with Gasteiger partial charge in [0.1, 0.15) is 5.92 Å². The molecular formula is C23H18N2O3. The molecule has 5 nitrogen and oxygen atoms in total. The maximum absolute atomic E-state index is 12.9. The second-order valence-electron chi connectivity index (χ2n) is 6.23. The molecule has 0 bridgehead atoms. The van der Waals surface area contributed by atoms with Crippen molar-refractivity contribution in [2.24, 2.45) is 0 Å². The number of carbonyl (C=O) groups is 1. The molecule has 0 atom stereocenters. The van der Waals surface area contributed by atoms with Gasteiger partial charge >= 0.3 is 5.97 Å². The zero-order valence-electron chi connectivity index (χ0n) is 15.1. The molecule has 0 saturated carbocycles. The topological polar surface area (TPSA) is 65.2 Å². The van der Waals surface area contributed by atoms with E-state index in [4.69, 9.17) is 9.15 Å². The van der Waals surface area contributed by atoms with Crippen LogP contribution in [0.4, 0.5) is 0 Å². The van der Waals surface area contributed by atoms with Gasteiger partial charge in [-0.1, -0.05) is 78.9 Å². The number of nitrogens with zero attached hydrogens (tertiary/aromatic N) is 2. The molecule has 0 amide bonds. The highest BCUT2D eigenvalue weighted by molar-refractivity contribution is 5.82. The summed E-state index contributed by atoms with van der Waals surface area (Å²) in [6.07, 6.45) is 0. The van der Waals surface area contributed by atoms with E-state index in [9.17, 15) is 4.79 Å². The van der Waals surface area contributed by atoms with Gasteiger partial charge in [-0.05, 0) is 23.3 Å². The molecule has 0 N–H and O–H groups in total. The largest absolute Gasteiger partial charge is 0.455 e. The summed E-state index contributed by atoms with van der Waals surface area (Å²) in [4.78, 5) is 12.9. The summed E-state index contributed by atoms with van der Waals surface area (Å²) in [5.41, 5.74) is 2.56. The molecule has 138 valence electrons. The highest BCUT2D eigenvalue weighted by Crippen LogP contribution is 2.26. The highest BCUT2D eigenvalue weighted by Gasteiger charge is 2.24. The smallest absolute Gasteiger partial charge is 0.318 e. The van der Waals surface area contributed by atoms with Crippen LogP contribution in [0.25, 0.3) is 11.5 Å². The lowest BCUT2D eigenvalue weighted by Gasteiger charge is -2.16. The Labute approximate surface area is 162 Å². The van der Waals surface area contributed by atoms with E-state index in [0.717, 1.165) is 16.7 Å². The zero-order chi connectivity index (χ0) is 19.2. The predicted molar refractivity (Wildman–Crippen MR) is 104 cm³/mol. The molecule has 0 aliphatic heterocycles. The summed E-state index contributed by atoms with van der Waals surface area (Å²) < 4.78 is 11.1. The number of hydrogen-bond acceptors (Lipinski definition) is 5. The fraction of sp³-hybridized carbons (Fsp3) is 0.0870. The van der Waals surface area contributed by atoms with Crippen molar-refractivity contribution in [3.63, 3.8) is 0 Å². The van der Waals surface area contributed by atoms with Crippen molar-refractivity contribution in [2.75, 3.05) is 0 Å². The van der Waals surface area contributed by atoms with Crippen LogP contribution >= 0.6 is 0 Å². The SMILES string of the molecule is O=C(OCc1nnc(-c2ccccc2)o1)C(c1ccccc1)c1ccccc1. The highest BCUT2D eigenvalue weighted by atomic mass is 16.5. The molecule has 1 heterocycles. The molecule has 0 spiro atoms. The fourth-order valence-corrected chi connectivity index (χ4v) is 2.98. The van der Waals surface area contributed by atoms with Crippen LogP contribution in [0.3, 0.4) is 0 Å². The monoisotopic (exact) mass is 370 g/mol. The van der Waals surface area contributed by atoms with Crippen LogP contribution < -0.4 is 0 Å². The van der Waals surface area contributed by atoms with Gasteiger partial charge in [-0.15, -0.1) is 10.2 Å². The quantitative estimate of drug-likeness (QED) is 0.464. The molecule has 3 aromatic carbocycles. The maximum atomic E-state index is 12.9. The van der Waals surface area contributed by atoms with Crippen molar-refractivity contribution in [1.82, 2.24) is 10.2 Å². The fourth-order valence-electron chi connectivity index (χ4n) is 2.98. The van der Waals surface area contributed by atoms with Crippen LogP contribution in [-0.2, 0) is 16.1 Å². The predicted octanol–water partition coefficient (Wildman–Crippen LogP) is 4.61. The van der Waals surface area contributed by atoms with Gasteiger partial charge in [0.15, 0.2) is 6.61 Å². The summed E-state index contributed by atoms with van der Waals surface area (Å²) in [5, 5.41) is 7.99. The number of esters is 1. The van der Waals surface area contributed by atoms with Crippen molar-refractivity contribution < 1.29 is 13.9 Å². The van der Waals surface area contributed by atoms with Crippen LogP contribution in [0.2, 0.25) is 0 Å². The Morgan fingerprint density at radius 2 is 1.32 bits per heavy atom. The van der Waals surface area contributed by atoms with E-state index < -0.39 is 5.92 Å². The Hall–Kier alpha value is -3.73. The van der Waals surface area contributed by atoms with Gasteiger partial charge in [0.05, 0.1) is 0 Å². The molecule has 0 saturated heterocycles. The van der Waals surface area contributed by atoms with Crippen molar-refractivity contribution >= 4 is 5.97 Å². The van der Waals surface area contributed by atoms with Crippen molar-refractivity contribution in [1.29, 1.82) is 0 Å². The molecule has 1 aromatic heterocycles. The molecule has 0 fully saturated rings. The lowest BCUT2D eigenvalue weighted by atomic mass is 9.91. The first kappa shape index (κ1) is 17.7. The van der Waals surface area contributed by atoms with Crippen molar-refractivity contribution in [3.05, 3.63) is 108 Å². The maximum Gasteiger partial charge on any atom is 0.318 e. The molecule has 28 heavy (non-hydrogen) atoms. The van der Waals surface area contributed by atoms with Crippen LogP contribution in [0.1, 0.15) is 22.9 Å². The summed E-state index contributed by atoms with van der Waals surface area (Å²) in [7, 11) is 0. The first-order valence-electron chi connectivity index (χ1n) is 8.95. The third-order valence-corrected chi connectivity index (χ3v) is 4.33. The van der Waals surface area contributed by atoms with Gasteiger partial charge in [-0.2, -0.15) is 0 Å². The minimum Gasteiger partial charge on any atom is -0.455 e. The first-order valence-corrected chi connectivity index (χ1v) is 8.95. The average Bonchev–Trinajstić information content (AvgIpc) is 3.24. The van der Waals surface area contributed by atoms with Crippen LogP contribution in [0.5, 0.6) is 0 Å². The van der Waals surface area contributed by atoms with Gasteiger partial charge in [0.25, 0.3) is 5.89 Å². The summed E-state index contributed by atoms with van der Waals surface area (Å²) >= 11 is 0. The van der Waals surface area contributed by atoms with Gasteiger partial charge in [0.2, 0.25) is 5.89 Å². The number of ether oxygens (including phenoxy) is 1. The van der Waals surface area contributed by atoms with Crippen molar-refractivity contribution in [2.45, 2.75) is 12.5 Å². The number of carbonyl (C=O) groups excluding carboxylic acids is 1. The number of hydrogen-bond donors (Lipinski definition) is 0. The number of rotatable bonds is 6. The molecule has 0 unspecified atom stereocenters. The molecule has 0 radical (unpaired) electrons. The minimum atomic E-state index is -0.515. The normalized spacial score (nSPS) is 10.8. The summed E-state index contributed by atoms with van der Waals surface area (Å²) in [5.74, 6) is -0.225. The first-order chi connectivity index (χ1) is 13.8. The lowest BCUT2D eigenvalue weighted by Crippen LogP contribution is -2.17. The van der Waals surface area contributed by atoms with Gasteiger partial charge < -0.3 is 9.15 Å². The van der Waals surface area contributed by atoms with Gasteiger partial charge in [-0.3, -0.25) is 4.79 Å². The van der Waals surface area contributed by atoms with E-state index in [1.807, 2.05) is 91.0 Å². The Balaban J connectivity index is 1.50. The summed E-state index contributed by atoms with van der Waals surface area (Å²) in [6, 6.07) is 28.6. The molecular weight excluding hydrogens is 352 g/mol. The minimum absolute atomic E-state index is 0.0746. The van der Waals surface area contributed by atoms with E-state index in [-0.39, 0.29) is 18.5 Å². The third-order valence-electron chi connectivity index (χ3n) is 4.33. The number of aromatic nitrogens is 2. The van der Waals surface area contributed by atoms with E-state index >= 15 is 0 Å². The Morgan fingerprint density at radius 3 is 1.89 bits per heavy atom. The molecule has 4 aromatic rings. The lowest BCUT2D eigenvalue weighted by molar-refractivity contribution is -0.146. The summed E-state index contributed by atoms with van der Waals surface area (Å²) in [6.45, 7) is -0.0746. The zero-order valence-corrected chi connectivity index (χ0v) is 15.1. The van der Waals surface area contributed by atoms with E-state index in [2.05, 4.69) is 10.2 Å². The molecule has 5 heteroatoms. The Kier molecular flexibility index (Phi) is 5.24. The van der Waals surface area contributed by atoms with E-state index in [1.54, 1.807) is 0 Å². The van der Waals surface area contributed by atoms with Crippen molar-refractivity contribution in [3.8, 4) is 11.5 Å². The van der Waals surface area contributed by atoms with E-state index in [1.165, 1.54) is 0 Å². The van der Waals surface area contributed by atoms with Crippen LogP contribution in [-0.4, -0.2) is 16.2 Å². The van der Waals surface area contributed by atoms with Gasteiger partial charge in [0, 0.05) is 5.56 Å². The molecule has 0 aliphatic rings. The van der Waals surface area contributed by atoms with Gasteiger partial charge in [-0.25, -0.2) is 0 Å². The third kappa shape index (κ3) is 3.99. The van der Waals surface area contributed by atoms with Crippen LogP contribution in [0, 0.1) is 0 Å². The second kappa shape index (κ2) is 8.31. The Bertz CT molecular complexity index is 992. The standard InChI is InChI=1S/C23H18N2O3/c26-23(21(17-10-4-1-5-11-17)18-12-6-2-7-13-18)27-16-20-24-25-22(28-20)19-14-8-3-9-15-19/h1-15,21H,16H2. The molecule has 4 rings (SSSR count). The molecule has 0 aliphatic carbocycles.